The van der Waals surface area contributed by atoms with Crippen molar-refractivity contribution in [1.29, 1.82) is 0 Å². The number of furan rings is 1. The maximum absolute atomic E-state index is 6.54. The fourth-order valence-corrected chi connectivity index (χ4v) is 9.67. The fourth-order valence-electron chi connectivity index (χ4n) is 9.67. The molecular weight excluding hydrogens is 731 g/mol. The molecule has 60 heavy (non-hydrogen) atoms. The van der Waals surface area contributed by atoms with Gasteiger partial charge in [0.1, 0.15) is 11.2 Å². The molecule has 0 aliphatic carbocycles. The van der Waals surface area contributed by atoms with Crippen molar-refractivity contribution < 1.29 is 4.42 Å². The van der Waals surface area contributed by atoms with Gasteiger partial charge in [0.15, 0.2) is 5.82 Å². The Morgan fingerprint density at radius 2 is 0.933 bits per heavy atom. The zero-order chi connectivity index (χ0) is 39.3. The molecule has 0 fully saturated rings. The minimum Gasteiger partial charge on any atom is -0.455 e. The first-order valence-electron chi connectivity index (χ1n) is 20.4. The lowest BCUT2D eigenvalue weighted by molar-refractivity contribution is 0.669. The second-order valence-corrected chi connectivity index (χ2v) is 15.7. The van der Waals surface area contributed by atoms with E-state index in [9.17, 15) is 0 Å². The molecule has 13 rings (SSSR count). The van der Waals surface area contributed by atoms with Crippen LogP contribution in [0.25, 0.3) is 126 Å². The summed E-state index contributed by atoms with van der Waals surface area (Å²) < 4.78 is 8.95. The zero-order valence-electron chi connectivity index (χ0n) is 32.3. The molecule has 0 aliphatic heterocycles. The molecular formula is C56H33N3O. The number of aromatic nitrogens is 3. The van der Waals surface area contributed by atoms with Gasteiger partial charge in [0, 0.05) is 38.4 Å². The predicted octanol–water partition coefficient (Wildman–Crippen LogP) is 15.1. The average Bonchev–Trinajstić information content (AvgIpc) is 3.87. The number of benzene rings is 10. The molecule has 0 aliphatic rings. The number of rotatable bonds is 4. The summed E-state index contributed by atoms with van der Waals surface area (Å²) in [7, 11) is 0. The lowest BCUT2D eigenvalue weighted by Crippen LogP contribution is -1.97. The normalized spacial score (nSPS) is 12.0. The van der Waals surface area contributed by atoms with Gasteiger partial charge in [0.05, 0.1) is 28.0 Å². The standard InChI is InChI=1S/C56H33N3O/c1-2-15-37-34(13-1)14-11-22-43(37)51-33-50(57-56(58-51)47-24-12-23-46-45-21-8-10-26-54(45)60-55(46)47)35-27-30-53-49(31-35)44-20-7-9-25-52(44)59(53)36-28-29-42-40-18-4-3-16-38(40)39-17-5-6-19-41(39)48(42)32-36/h1-33H. The van der Waals surface area contributed by atoms with Crippen LogP contribution in [-0.4, -0.2) is 14.5 Å². The van der Waals surface area contributed by atoms with Crippen molar-refractivity contribution in [3.63, 3.8) is 0 Å². The zero-order valence-corrected chi connectivity index (χ0v) is 32.3. The van der Waals surface area contributed by atoms with Crippen LogP contribution >= 0.6 is 0 Å². The summed E-state index contributed by atoms with van der Waals surface area (Å²) in [5.41, 5.74) is 9.70. The van der Waals surface area contributed by atoms with Crippen molar-refractivity contribution in [1.82, 2.24) is 14.5 Å². The Bertz CT molecular complexity index is 3870. The topological polar surface area (TPSA) is 43.9 Å². The summed E-state index contributed by atoms with van der Waals surface area (Å²) in [6, 6.07) is 71.5. The van der Waals surface area contributed by atoms with E-state index in [1.165, 1.54) is 43.1 Å². The number of hydrogen-bond acceptors (Lipinski definition) is 3. The molecule has 278 valence electrons. The van der Waals surface area contributed by atoms with Gasteiger partial charge in [-0.25, -0.2) is 9.97 Å². The fraction of sp³-hybridized carbons (Fsp3) is 0. The molecule has 0 radical (unpaired) electrons. The van der Waals surface area contributed by atoms with E-state index < -0.39 is 0 Å². The molecule has 13 aromatic rings. The van der Waals surface area contributed by atoms with Gasteiger partial charge < -0.3 is 8.98 Å². The molecule has 0 N–H and O–H groups in total. The first kappa shape index (κ1) is 32.9. The molecule has 0 amide bonds. The quantitative estimate of drug-likeness (QED) is 0.168. The summed E-state index contributed by atoms with van der Waals surface area (Å²) in [6.45, 7) is 0. The second-order valence-electron chi connectivity index (χ2n) is 15.7. The van der Waals surface area contributed by atoms with Crippen molar-refractivity contribution in [2.75, 3.05) is 0 Å². The van der Waals surface area contributed by atoms with Crippen molar-refractivity contribution in [3.8, 4) is 39.6 Å². The average molecular weight is 764 g/mol. The van der Waals surface area contributed by atoms with E-state index in [0.29, 0.717) is 5.82 Å². The summed E-state index contributed by atoms with van der Waals surface area (Å²) in [5, 5.41) is 14.4. The maximum Gasteiger partial charge on any atom is 0.164 e. The highest BCUT2D eigenvalue weighted by atomic mass is 16.3. The van der Waals surface area contributed by atoms with Crippen LogP contribution in [0.2, 0.25) is 0 Å². The van der Waals surface area contributed by atoms with Crippen LogP contribution in [-0.2, 0) is 0 Å². The van der Waals surface area contributed by atoms with Crippen LogP contribution in [0.4, 0.5) is 0 Å². The maximum atomic E-state index is 6.54. The number of hydrogen-bond donors (Lipinski definition) is 0. The molecule has 3 heterocycles. The largest absolute Gasteiger partial charge is 0.455 e. The van der Waals surface area contributed by atoms with E-state index >= 15 is 0 Å². The van der Waals surface area contributed by atoms with Crippen LogP contribution in [0.1, 0.15) is 0 Å². The van der Waals surface area contributed by atoms with Gasteiger partial charge in [-0.3, -0.25) is 0 Å². The van der Waals surface area contributed by atoms with Gasteiger partial charge in [0.2, 0.25) is 0 Å². The first-order valence-corrected chi connectivity index (χ1v) is 20.4. The monoisotopic (exact) mass is 763 g/mol. The molecule has 0 spiro atoms. The Hall–Kier alpha value is -8.08. The minimum absolute atomic E-state index is 0.624. The van der Waals surface area contributed by atoms with Crippen LogP contribution in [0.3, 0.4) is 0 Å². The number of para-hydroxylation sites is 3. The smallest absolute Gasteiger partial charge is 0.164 e. The van der Waals surface area contributed by atoms with Gasteiger partial charge in [-0.15, -0.1) is 0 Å². The molecule has 0 saturated heterocycles. The molecule has 4 nitrogen and oxygen atoms in total. The van der Waals surface area contributed by atoms with Gasteiger partial charge in [-0.05, 0) is 91.6 Å². The summed E-state index contributed by atoms with van der Waals surface area (Å²) in [4.78, 5) is 10.7. The molecule has 0 saturated carbocycles. The second kappa shape index (κ2) is 12.7. The Balaban J connectivity index is 1.04. The number of fused-ring (bicyclic) bond motifs is 13. The molecule has 0 atom stereocenters. The first-order chi connectivity index (χ1) is 29.7. The van der Waals surface area contributed by atoms with E-state index in [2.05, 4.69) is 193 Å². The van der Waals surface area contributed by atoms with Crippen LogP contribution in [0.5, 0.6) is 0 Å². The summed E-state index contributed by atoms with van der Waals surface area (Å²) in [5.74, 6) is 0.624. The van der Waals surface area contributed by atoms with Crippen molar-refractivity contribution in [2.24, 2.45) is 0 Å². The Kier molecular flexibility index (Phi) is 6.98. The van der Waals surface area contributed by atoms with Gasteiger partial charge in [0.25, 0.3) is 0 Å². The molecule has 0 bridgehead atoms. The third kappa shape index (κ3) is 4.85. The summed E-state index contributed by atoms with van der Waals surface area (Å²) >= 11 is 0. The lowest BCUT2D eigenvalue weighted by Gasteiger charge is -2.14. The molecule has 10 aromatic carbocycles. The van der Waals surface area contributed by atoms with E-state index in [4.69, 9.17) is 14.4 Å². The van der Waals surface area contributed by atoms with Gasteiger partial charge in [-0.2, -0.15) is 0 Å². The van der Waals surface area contributed by atoms with E-state index in [1.54, 1.807) is 0 Å². The van der Waals surface area contributed by atoms with E-state index in [-0.39, 0.29) is 0 Å². The highest BCUT2D eigenvalue weighted by Crippen LogP contribution is 2.41. The van der Waals surface area contributed by atoms with Gasteiger partial charge >= 0.3 is 0 Å². The van der Waals surface area contributed by atoms with Crippen molar-refractivity contribution in [2.45, 2.75) is 0 Å². The van der Waals surface area contributed by atoms with Crippen LogP contribution in [0.15, 0.2) is 205 Å². The number of nitrogens with zero attached hydrogens (tertiary/aromatic N) is 3. The minimum atomic E-state index is 0.624. The lowest BCUT2D eigenvalue weighted by atomic mass is 9.94. The van der Waals surface area contributed by atoms with Gasteiger partial charge in [-0.1, -0.05) is 152 Å². The Morgan fingerprint density at radius 1 is 0.350 bits per heavy atom. The SMILES string of the molecule is c1ccc2c(-c3cc(-c4ccc5c(c4)c4ccccc4n5-c4ccc5c6ccccc6c6ccccc6c5c4)nc(-c4cccc5c4oc4ccccc45)n3)cccc2c1. The van der Waals surface area contributed by atoms with Crippen molar-refractivity contribution in [3.05, 3.63) is 200 Å². The Labute approximate surface area is 344 Å². The highest BCUT2D eigenvalue weighted by Gasteiger charge is 2.20. The third-order valence-corrected chi connectivity index (χ3v) is 12.4. The third-order valence-electron chi connectivity index (χ3n) is 12.4. The molecule has 0 unspecified atom stereocenters. The van der Waals surface area contributed by atoms with Crippen LogP contribution in [0, 0.1) is 0 Å². The van der Waals surface area contributed by atoms with Crippen molar-refractivity contribution >= 4 is 86.8 Å². The highest BCUT2D eigenvalue weighted by molar-refractivity contribution is 6.25. The molecule has 3 aromatic heterocycles. The summed E-state index contributed by atoms with van der Waals surface area (Å²) in [6.07, 6.45) is 0. The van der Waals surface area contributed by atoms with E-state index in [0.717, 1.165) is 77.5 Å². The van der Waals surface area contributed by atoms with E-state index in [1.807, 2.05) is 12.1 Å². The molecule has 4 heteroatoms. The Morgan fingerprint density at radius 3 is 1.75 bits per heavy atom. The predicted molar refractivity (Wildman–Crippen MR) is 250 cm³/mol. The van der Waals surface area contributed by atoms with Crippen LogP contribution < -0.4 is 0 Å².